The van der Waals surface area contributed by atoms with Crippen LogP contribution >= 0.6 is 0 Å². The fraction of sp³-hybridized carbons (Fsp3) is 0.615. The average Bonchev–Trinajstić information content (AvgIpc) is 3.37. The van der Waals surface area contributed by atoms with Crippen LogP contribution in [0.2, 0.25) is 0 Å². The van der Waals surface area contributed by atoms with Crippen LogP contribution in [0.1, 0.15) is 239 Å². The minimum atomic E-state index is -0.810. The molecule has 400 valence electrons. The monoisotopic (exact) mass is 981 g/mol. The van der Waals surface area contributed by atoms with Gasteiger partial charge in [0, 0.05) is 19.3 Å². The summed E-state index contributed by atoms with van der Waals surface area (Å²) in [4.78, 5) is 38.0. The van der Waals surface area contributed by atoms with Gasteiger partial charge in [-0.2, -0.15) is 0 Å². The van der Waals surface area contributed by atoms with Gasteiger partial charge in [-0.25, -0.2) is 0 Å². The number of carbonyl (C=O) groups excluding carboxylic acids is 3. The van der Waals surface area contributed by atoms with Crippen LogP contribution < -0.4 is 0 Å². The van der Waals surface area contributed by atoms with Gasteiger partial charge in [-0.15, -0.1) is 0 Å². The largest absolute Gasteiger partial charge is 0.462 e. The van der Waals surface area contributed by atoms with Gasteiger partial charge in [0.15, 0.2) is 6.10 Å². The molecule has 6 heteroatoms. The molecule has 0 aromatic rings. The molecule has 0 aromatic heterocycles. The molecule has 0 bridgehead atoms. The summed E-state index contributed by atoms with van der Waals surface area (Å²) in [6, 6.07) is 0. The molecule has 0 amide bonds. The minimum Gasteiger partial charge on any atom is -0.462 e. The maximum absolute atomic E-state index is 12.8. The van der Waals surface area contributed by atoms with E-state index in [2.05, 4.69) is 154 Å². The van der Waals surface area contributed by atoms with E-state index in [9.17, 15) is 14.4 Å². The van der Waals surface area contributed by atoms with Gasteiger partial charge in [0.1, 0.15) is 13.2 Å². The SMILES string of the molecule is CC/C=C\C/C=C\C/C=C\C/C=C\C/C=C\C/C=C\C/C=C\C/C=C\C/C=C\CCCC(=O)OCC(COC(=O)CCCCCCCCCCC)OC(=O)CCCCCCC/C=C\C/C=C\CCCCC. The molecule has 0 aliphatic heterocycles. The quantitative estimate of drug-likeness (QED) is 0.0262. The van der Waals surface area contributed by atoms with Crippen molar-refractivity contribution in [2.75, 3.05) is 13.2 Å². The number of allylic oxidation sites excluding steroid dienone is 22. The summed E-state index contributed by atoms with van der Waals surface area (Å²) in [5.41, 5.74) is 0. The molecule has 0 spiro atoms. The van der Waals surface area contributed by atoms with Crippen LogP contribution in [0.4, 0.5) is 0 Å². The lowest BCUT2D eigenvalue weighted by Gasteiger charge is -2.18. The maximum Gasteiger partial charge on any atom is 0.306 e. The van der Waals surface area contributed by atoms with E-state index in [1.807, 2.05) is 0 Å². The van der Waals surface area contributed by atoms with Gasteiger partial charge >= 0.3 is 17.9 Å². The zero-order valence-corrected chi connectivity index (χ0v) is 45.7. The topological polar surface area (TPSA) is 78.9 Å². The van der Waals surface area contributed by atoms with Crippen molar-refractivity contribution in [3.63, 3.8) is 0 Å². The highest BCUT2D eigenvalue weighted by Gasteiger charge is 2.19. The van der Waals surface area contributed by atoms with E-state index >= 15 is 0 Å². The Hall–Kier alpha value is -4.45. The molecule has 0 fully saturated rings. The Labute approximate surface area is 436 Å². The van der Waals surface area contributed by atoms with Gasteiger partial charge in [0.05, 0.1) is 0 Å². The summed E-state index contributed by atoms with van der Waals surface area (Å²) < 4.78 is 16.7. The van der Waals surface area contributed by atoms with Crippen molar-refractivity contribution in [2.45, 2.75) is 245 Å². The molecule has 1 atom stereocenters. The van der Waals surface area contributed by atoms with Crippen molar-refractivity contribution in [3.8, 4) is 0 Å². The highest BCUT2D eigenvalue weighted by atomic mass is 16.6. The van der Waals surface area contributed by atoms with Crippen molar-refractivity contribution in [1.82, 2.24) is 0 Å². The average molecular weight is 982 g/mol. The molecule has 0 aromatic carbocycles. The third-order valence-corrected chi connectivity index (χ3v) is 11.6. The third-order valence-electron chi connectivity index (χ3n) is 11.6. The zero-order valence-electron chi connectivity index (χ0n) is 45.7. The van der Waals surface area contributed by atoms with E-state index in [0.717, 1.165) is 128 Å². The predicted octanol–water partition coefficient (Wildman–Crippen LogP) is 19.4. The van der Waals surface area contributed by atoms with Crippen LogP contribution in [-0.2, 0) is 28.6 Å². The van der Waals surface area contributed by atoms with Crippen molar-refractivity contribution in [2.24, 2.45) is 0 Å². The fourth-order valence-corrected chi connectivity index (χ4v) is 7.35. The molecule has 0 aliphatic rings. The Bertz CT molecular complexity index is 1550. The number of esters is 3. The van der Waals surface area contributed by atoms with Crippen molar-refractivity contribution >= 4 is 17.9 Å². The summed E-state index contributed by atoms with van der Waals surface area (Å²) in [6.07, 6.45) is 81.7. The summed E-state index contributed by atoms with van der Waals surface area (Å²) in [5, 5.41) is 0. The first-order valence-corrected chi connectivity index (χ1v) is 28.7. The molecule has 1 unspecified atom stereocenters. The Morgan fingerprint density at radius 2 is 0.563 bits per heavy atom. The zero-order chi connectivity index (χ0) is 51.4. The van der Waals surface area contributed by atoms with Crippen LogP contribution in [0.5, 0.6) is 0 Å². The molecule has 0 heterocycles. The van der Waals surface area contributed by atoms with Crippen LogP contribution in [0.15, 0.2) is 134 Å². The number of carbonyl (C=O) groups is 3. The van der Waals surface area contributed by atoms with Gasteiger partial charge in [0.2, 0.25) is 0 Å². The van der Waals surface area contributed by atoms with E-state index in [4.69, 9.17) is 14.2 Å². The first-order chi connectivity index (χ1) is 35.0. The standard InChI is InChI=1S/C65H104O6/c1-4-7-10-13-16-19-21-23-25-26-27-28-29-30-31-32-33-34-35-36-37-38-40-41-43-46-49-52-55-58-64(67)70-61-62(60-69-63(66)57-54-51-48-45-18-15-12-9-6-3)71-65(68)59-56-53-50-47-44-42-39-24-22-20-17-14-11-8-5-2/h7,10,16-17,19-20,23-25,27-28,30-31,33-34,36-37,39-41,46,49,62H,4-6,8-9,11-15,18,21-22,26,29,32,35,38,42-45,47-48,50-61H2,1-3H3/b10-7-,19-16-,20-17-,25-23-,28-27-,31-30-,34-33-,37-36-,39-24-,41-40-,49-46-. The second-order valence-electron chi connectivity index (χ2n) is 18.5. The highest BCUT2D eigenvalue weighted by molar-refractivity contribution is 5.71. The first kappa shape index (κ1) is 66.6. The van der Waals surface area contributed by atoms with Crippen molar-refractivity contribution in [3.05, 3.63) is 134 Å². The minimum absolute atomic E-state index is 0.104. The molecule has 0 rings (SSSR count). The van der Waals surface area contributed by atoms with Gasteiger partial charge in [0.25, 0.3) is 0 Å². The smallest absolute Gasteiger partial charge is 0.306 e. The van der Waals surface area contributed by atoms with E-state index in [-0.39, 0.29) is 37.5 Å². The summed E-state index contributed by atoms with van der Waals surface area (Å²) in [6.45, 7) is 6.40. The van der Waals surface area contributed by atoms with E-state index in [1.54, 1.807) is 0 Å². The molecule has 0 aliphatic carbocycles. The number of rotatable bonds is 50. The van der Waals surface area contributed by atoms with Crippen molar-refractivity contribution < 1.29 is 28.6 Å². The van der Waals surface area contributed by atoms with Gasteiger partial charge in [-0.3, -0.25) is 14.4 Å². The lowest BCUT2D eigenvalue weighted by molar-refractivity contribution is -0.167. The van der Waals surface area contributed by atoms with Gasteiger partial charge in [-0.1, -0.05) is 238 Å². The molecule has 71 heavy (non-hydrogen) atoms. The Balaban J connectivity index is 4.39. The normalized spacial score (nSPS) is 13.1. The number of hydrogen-bond acceptors (Lipinski definition) is 6. The summed E-state index contributed by atoms with van der Waals surface area (Å²) in [5.74, 6) is -0.989. The predicted molar refractivity (Wildman–Crippen MR) is 306 cm³/mol. The summed E-state index contributed by atoms with van der Waals surface area (Å²) in [7, 11) is 0. The molecule has 0 radical (unpaired) electrons. The molecule has 0 saturated carbocycles. The molecule has 0 N–H and O–H groups in total. The third kappa shape index (κ3) is 56.3. The number of ether oxygens (including phenoxy) is 3. The second-order valence-corrected chi connectivity index (χ2v) is 18.5. The van der Waals surface area contributed by atoms with Crippen LogP contribution in [-0.4, -0.2) is 37.2 Å². The van der Waals surface area contributed by atoms with E-state index < -0.39 is 6.10 Å². The molecular formula is C65H104O6. The van der Waals surface area contributed by atoms with Crippen LogP contribution in [0.3, 0.4) is 0 Å². The lowest BCUT2D eigenvalue weighted by atomic mass is 10.1. The Morgan fingerprint density at radius 1 is 0.296 bits per heavy atom. The first-order valence-electron chi connectivity index (χ1n) is 28.7. The van der Waals surface area contributed by atoms with E-state index in [1.165, 1.54) is 64.2 Å². The highest BCUT2D eigenvalue weighted by Crippen LogP contribution is 2.13. The van der Waals surface area contributed by atoms with Crippen molar-refractivity contribution in [1.29, 1.82) is 0 Å². The second kappa shape index (κ2) is 58.1. The van der Waals surface area contributed by atoms with E-state index in [0.29, 0.717) is 19.3 Å². The number of hydrogen-bond donors (Lipinski definition) is 0. The molecule has 6 nitrogen and oxygen atoms in total. The maximum atomic E-state index is 12.8. The Morgan fingerprint density at radius 3 is 0.944 bits per heavy atom. The molecular weight excluding hydrogens is 877 g/mol. The molecule has 0 saturated heterocycles. The van der Waals surface area contributed by atoms with Gasteiger partial charge < -0.3 is 14.2 Å². The van der Waals surface area contributed by atoms with Crippen LogP contribution in [0, 0.1) is 0 Å². The van der Waals surface area contributed by atoms with Gasteiger partial charge in [-0.05, 0) is 116 Å². The lowest BCUT2D eigenvalue weighted by Crippen LogP contribution is -2.30. The van der Waals surface area contributed by atoms with Crippen LogP contribution in [0.25, 0.3) is 0 Å². The number of unbranched alkanes of at least 4 members (excludes halogenated alkanes) is 17. The fourth-order valence-electron chi connectivity index (χ4n) is 7.35. The Kier molecular flexibility index (Phi) is 54.5. The summed E-state index contributed by atoms with van der Waals surface area (Å²) >= 11 is 0.